The zero-order valence-corrected chi connectivity index (χ0v) is 13.9. The van der Waals surface area contributed by atoms with Crippen molar-refractivity contribution in [3.63, 3.8) is 0 Å². The van der Waals surface area contributed by atoms with Gasteiger partial charge in [-0.25, -0.2) is 0 Å². The smallest absolute Gasteiger partial charge is 0.296 e. The topological polar surface area (TPSA) is 136 Å². The number of hydrogen-bond donors (Lipinski definition) is 2. The molecule has 0 saturated heterocycles. The van der Waals surface area contributed by atoms with Gasteiger partial charge in [-0.05, 0) is 36.4 Å². The van der Waals surface area contributed by atoms with E-state index in [-0.39, 0.29) is 11.4 Å². The molecule has 126 valence electrons. The summed E-state index contributed by atoms with van der Waals surface area (Å²) in [6.45, 7) is 0. The summed E-state index contributed by atoms with van der Waals surface area (Å²) in [5.74, 6) is 0.533. The van der Waals surface area contributed by atoms with Gasteiger partial charge in [0.1, 0.15) is 28.5 Å². The van der Waals surface area contributed by atoms with Crippen molar-refractivity contribution in [2.75, 3.05) is 5.43 Å². The van der Waals surface area contributed by atoms with Crippen LogP contribution >= 0.6 is 11.6 Å². The maximum Gasteiger partial charge on any atom is 0.296 e. The van der Waals surface area contributed by atoms with Crippen LogP contribution in [0.15, 0.2) is 52.5 Å². The lowest BCUT2D eigenvalue weighted by atomic mass is 10.3. The van der Waals surface area contributed by atoms with Gasteiger partial charge in [0.25, 0.3) is 10.1 Å². The Kier molecular flexibility index (Phi) is 5.57. The molecule has 0 aliphatic rings. The van der Waals surface area contributed by atoms with E-state index in [0.29, 0.717) is 10.8 Å². The number of halogens is 1. The predicted octanol–water partition coefficient (Wildman–Crippen LogP) is 3.19. The van der Waals surface area contributed by atoms with Crippen molar-refractivity contribution in [3.05, 3.63) is 47.5 Å². The monoisotopic (exact) mass is 376 g/mol. The lowest BCUT2D eigenvalue weighted by Crippen LogP contribution is -2.05. The standard InChI is InChI=1S/C15H9ClN4O4S/c16-10-1-3-12(4-2-10)24-13-5-6-14(15(7-13)25(21,22)23)20-19-11(8-17)9-18/h1-7,20H,(H,21,22,23). The number of benzene rings is 2. The fourth-order valence-corrected chi connectivity index (χ4v) is 2.48. The normalized spacial score (nSPS) is 10.2. The Morgan fingerprint density at radius 2 is 1.72 bits per heavy atom. The molecular weight excluding hydrogens is 368 g/mol. The molecule has 2 rings (SSSR count). The fourth-order valence-electron chi connectivity index (χ4n) is 1.70. The first kappa shape index (κ1) is 18.2. The van der Waals surface area contributed by atoms with Crippen molar-refractivity contribution in [2.45, 2.75) is 4.90 Å². The predicted molar refractivity (Wildman–Crippen MR) is 90.1 cm³/mol. The summed E-state index contributed by atoms with van der Waals surface area (Å²) in [4.78, 5) is -0.530. The SMILES string of the molecule is N#CC(C#N)=NNc1ccc(Oc2ccc(Cl)cc2)cc1S(=O)(=O)O. The van der Waals surface area contributed by atoms with Gasteiger partial charge in [0.05, 0.1) is 5.69 Å². The van der Waals surface area contributed by atoms with Gasteiger partial charge in [-0.2, -0.15) is 24.0 Å². The average Bonchev–Trinajstić information content (AvgIpc) is 2.58. The lowest BCUT2D eigenvalue weighted by Gasteiger charge is -2.10. The van der Waals surface area contributed by atoms with Crippen LogP contribution in [0.3, 0.4) is 0 Å². The van der Waals surface area contributed by atoms with E-state index in [1.54, 1.807) is 24.3 Å². The highest BCUT2D eigenvalue weighted by atomic mass is 35.5. The molecule has 2 aromatic carbocycles. The summed E-state index contributed by atoms with van der Waals surface area (Å²) in [6, 6.07) is 13.1. The number of nitrogens with one attached hydrogen (secondary N) is 1. The second-order valence-corrected chi connectivity index (χ2v) is 6.31. The van der Waals surface area contributed by atoms with Crippen LogP contribution in [0.25, 0.3) is 0 Å². The Balaban J connectivity index is 2.37. The third-order valence-electron chi connectivity index (χ3n) is 2.78. The third-order valence-corrected chi connectivity index (χ3v) is 3.93. The summed E-state index contributed by atoms with van der Waals surface area (Å²) in [5.41, 5.74) is 1.61. The van der Waals surface area contributed by atoms with E-state index in [2.05, 4.69) is 10.5 Å². The van der Waals surface area contributed by atoms with E-state index in [0.717, 1.165) is 6.07 Å². The molecule has 0 aliphatic carbocycles. The van der Waals surface area contributed by atoms with Crippen LogP contribution in [0.4, 0.5) is 5.69 Å². The van der Waals surface area contributed by atoms with Crippen LogP contribution in [0.2, 0.25) is 5.02 Å². The highest BCUT2D eigenvalue weighted by Gasteiger charge is 2.17. The minimum atomic E-state index is -4.62. The van der Waals surface area contributed by atoms with Crippen LogP contribution in [0, 0.1) is 22.7 Å². The number of nitrogens with zero attached hydrogens (tertiary/aromatic N) is 3. The number of anilines is 1. The summed E-state index contributed by atoms with van der Waals surface area (Å²) in [7, 11) is -4.62. The maximum atomic E-state index is 11.6. The van der Waals surface area contributed by atoms with Crippen molar-refractivity contribution < 1.29 is 17.7 Å². The van der Waals surface area contributed by atoms with Gasteiger partial charge in [-0.3, -0.25) is 9.98 Å². The van der Waals surface area contributed by atoms with Crippen molar-refractivity contribution >= 4 is 33.1 Å². The van der Waals surface area contributed by atoms with E-state index in [9.17, 15) is 13.0 Å². The van der Waals surface area contributed by atoms with Crippen LogP contribution in [-0.2, 0) is 10.1 Å². The molecule has 10 heteroatoms. The van der Waals surface area contributed by atoms with Gasteiger partial charge in [-0.15, -0.1) is 0 Å². The number of nitriles is 2. The van der Waals surface area contributed by atoms with Crippen LogP contribution in [-0.4, -0.2) is 18.7 Å². The molecule has 0 amide bonds. The molecule has 2 N–H and O–H groups in total. The minimum absolute atomic E-state index is 0.130. The molecular formula is C15H9ClN4O4S. The first-order valence-corrected chi connectivity index (χ1v) is 8.34. The molecule has 0 atom stereocenters. The molecule has 0 fully saturated rings. The maximum absolute atomic E-state index is 11.6. The van der Waals surface area contributed by atoms with Crippen LogP contribution in [0.1, 0.15) is 0 Å². The van der Waals surface area contributed by atoms with Gasteiger partial charge in [0.15, 0.2) is 0 Å². The molecule has 0 spiro atoms. The molecule has 0 heterocycles. The van der Waals surface area contributed by atoms with Crippen molar-refractivity contribution in [1.29, 1.82) is 10.5 Å². The third kappa shape index (κ3) is 4.93. The van der Waals surface area contributed by atoms with Gasteiger partial charge in [0.2, 0.25) is 5.71 Å². The largest absolute Gasteiger partial charge is 0.457 e. The lowest BCUT2D eigenvalue weighted by molar-refractivity contribution is 0.472. The number of hydrazone groups is 1. The Labute approximate surface area is 148 Å². The van der Waals surface area contributed by atoms with E-state index in [1.807, 2.05) is 0 Å². The molecule has 0 saturated carbocycles. The van der Waals surface area contributed by atoms with Gasteiger partial charge in [-0.1, -0.05) is 11.6 Å². The fraction of sp³-hybridized carbons (Fsp3) is 0. The van der Waals surface area contributed by atoms with E-state index in [1.165, 1.54) is 24.3 Å². The highest BCUT2D eigenvalue weighted by Crippen LogP contribution is 2.30. The Morgan fingerprint density at radius 1 is 1.12 bits per heavy atom. The molecule has 2 aromatic rings. The molecule has 0 aliphatic heterocycles. The Hall–Kier alpha value is -3.11. The summed E-state index contributed by atoms with van der Waals surface area (Å²) in [5, 5.41) is 21.2. The van der Waals surface area contributed by atoms with E-state index < -0.39 is 20.7 Å². The first-order chi connectivity index (χ1) is 11.8. The molecule has 25 heavy (non-hydrogen) atoms. The van der Waals surface area contributed by atoms with E-state index in [4.69, 9.17) is 26.9 Å². The number of ether oxygens (including phenoxy) is 1. The van der Waals surface area contributed by atoms with Crippen molar-refractivity contribution in [2.24, 2.45) is 5.10 Å². The first-order valence-electron chi connectivity index (χ1n) is 6.52. The zero-order chi connectivity index (χ0) is 18.4. The zero-order valence-electron chi connectivity index (χ0n) is 12.3. The highest BCUT2D eigenvalue weighted by molar-refractivity contribution is 7.86. The van der Waals surface area contributed by atoms with Crippen LogP contribution in [0.5, 0.6) is 11.5 Å². The number of hydrogen-bond acceptors (Lipinski definition) is 7. The van der Waals surface area contributed by atoms with Crippen molar-refractivity contribution in [3.8, 4) is 23.6 Å². The molecule has 0 radical (unpaired) electrons. The van der Waals surface area contributed by atoms with E-state index >= 15 is 0 Å². The average molecular weight is 377 g/mol. The summed E-state index contributed by atoms with van der Waals surface area (Å²) >= 11 is 5.77. The van der Waals surface area contributed by atoms with Gasteiger partial charge < -0.3 is 4.74 Å². The summed E-state index contributed by atoms with van der Waals surface area (Å²) < 4.78 is 37.9. The minimum Gasteiger partial charge on any atom is -0.457 e. The number of rotatable bonds is 5. The molecule has 0 aromatic heterocycles. The van der Waals surface area contributed by atoms with Crippen molar-refractivity contribution in [1.82, 2.24) is 0 Å². The molecule has 0 bridgehead atoms. The Bertz CT molecular complexity index is 989. The second kappa shape index (κ2) is 7.64. The van der Waals surface area contributed by atoms with Gasteiger partial charge >= 0.3 is 0 Å². The second-order valence-electron chi connectivity index (χ2n) is 4.48. The Morgan fingerprint density at radius 3 is 2.28 bits per heavy atom. The molecule has 8 nitrogen and oxygen atoms in total. The van der Waals surface area contributed by atoms with Crippen LogP contribution < -0.4 is 10.2 Å². The summed E-state index contributed by atoms with van der Waals surface area (Å²) in [6.07, 6.45) is 0. The quantitative estimate of drug-likeness (QED) is 0.464. The molecule has 0 unspecified atom stereocenters. The van der Waals surface area contributed by atoms with Gasteiger partial charge in [0, 0.05) is 11.1 Å².